The summed E-state index contributed by atoms with van der Waals surface area (Å²) in [5.41, 5.74) is -2.17. The number of rotatable bonds is 2. The van der Waals surface area contributed by atoms with E-state index in [0.717, 1.165) is 12.8 Å². The maximum absolute atomic E-state index is 12.4. The van der Waals surface area contributed by atoms with Crippen LogP contribution in [0.3, 0.4) is 0 Å². The van der Waals surface area contributed by atoms with E-state index < -0.39 is 24.2 Å². The van der Waals surface area contributed by atoms with E-state index in [9.17, 15) is 20.1 Å². The third kappa shape index (κ3) is 1.81. The summed E-state index contributed by atoms with van der Waals surface area (Å²) < 4.78 is 0. The fraction of sp³-hybridized carbons (Fsp3) is 0.800. The Kier molecular flexibility index (Phi) is 3.40. The molecule has 19 heavy (non-hydrogen) atoms. The summed E-state index contributed by atoms with van der Waals surface area (Å²) in [5, 5.41) is 30.0. The summed E-state index contributed by atoms with van der Waals surface area (Å²) in [5.74, 6) is -0.351. The molecule has 0 aromatic carbocycles. The van der Waals surface area contributed by atoms with E-state index in [-0.39, 0.29) is 22.7 Å². The predicted molar refractivity (Wildman–Crippen MR) is 71.4 cm³/mol. The number of allylic oxidation sites excluding steroid dienone is 1. The van der Waals surface area contributed by atoms with E-state index in [2.05, 4.69) is 0 Å². The first-order valence-corrected chi connectivity index (χ1v) is 6.92. The van der Waals surface area contributed by atoms with Crippen molar-refractivity contribution in [2.75, 3.05) is 13.2 Å². The Morgan fingerprint density at radius 3 is 2.42 bits per heavy atom. The van der Waals surface area contributed by atoms with Gasteiger partial charge in [-0.15, -0.1) is 0 Å². The fourth-order valence-corrected chi connectivity index (χ4v) is 4.41. The third-order valence-electron chi connectivity index (χ3n) is 5.41. The second kappa shape index (κ2) is 4.40. The van der Waals surface area contributed by atoms with E-state index in [1.165, 1.54) is 6.08 Å². The zero-order valence-corrected chi connectivity index (χ0v) is 11.9. The highest BCUT2D eigenvalue weighted by Gasteiger charge is 2.62. The number of ketones is 1. The molecular formula is C15H24O4. The molecule has 4 heteroatoms. The van der Waals surface area contributed by atoms with Crippen molar-refractivity contribution in [2.45, 2.75) is 45.6 Å². The third-order valence-corrected chi connectivity index (χ3v) is 5.41. The number of carbonyl (C=O) groups excluding carboxylic acids is 1. The van der Waals surface area contributed by atoms with Crippen LogP contribution in [0.1, 0.15) is 40.0 Å². The Balaban J connectivity index is 2.63. The topological polar surface area (TPSA) is 77.8 Å². The molecule has 0 aromatic heterocycles. The Morgan fingerprint density at radius 2 is 1.89 bits per heavy atom. The maximum Gasteiger partial charge on any atom is 0.160 e. The molecule has 0 amide bonds. The molecule has 1 fully saturated rings. The lowest BCUT2D eigenvalue weighted by atomic mass is 9.47. The van der Waals surface area contributed by atoms with Gasteiger partial charge in [0.15, 0.2) is 5.78 Å². The van der Waals surface area contributed by atoms with Crippen molar-refractivity contribution in [3.05, 3.63) is 11.6 Å². The first kappa shape index (κ1) is 14.7. The van der Waals surface area contributed by atoms with Crippen LogP contribution in [0.5, 0.6) is 0 Å². The summed E-state index contributed by atoms with van der Waals surface area (Å²) in [6, 6.07) is 0. The van der Waals surface area contributed by atoms with Crippen LogP contribution < -0.4 is 0 Å². The minimum Gasteiger partial charge on any atom is -0.393 e. The highest BCUT2D eigenvalue weighted by molar-refractivity contribution is 5.95. The van der Waals surface area contributed by atoms with Crippen molar-refractivity contribution in [2.24, 2.45) is 16.7 Å². The second-order valence-electron chi connectivity index (χ2n) is 6.94. The summed E-state index contributed by atoms with van der Waals surface area (Å²) in [6.45, 7) is 5.10. The minimum atomic E-state index is -1.50. The van der Waals surface area contributed by atoms with Crippen molar-refractivity contribution in [3.63, 3.8) is 0 Å². The summed E-state index contributed by atoms with van der Waals surface area (Å²) in [7, 11) is 0. The van der Waals surface area contributed by atoms with Gasteiger partial charge in [0, 0.05) is 11.3 Å². The Morgan fingerprint density at radius 1 is 1.26 bits per heavy atom. The maximum atomic E-state index is 12.4. The minimum absolute atomic E-state index is 0.0330. The molecule has 0 aromatic rings. The van der Waals surface area contributed by atoms with Crippen LogP contribution in [0.25, 0.3) is 0 Å². The average Bonchev–Trinajstić information content (AvgIpc) is 2.32. The van der Waals surface area contributed by atoms with E-state index >= 15 is 0 Å². The van der Waals surface area contributed by atoms with E-state index in [1.807, 2.05) is 20.8 Å². The van der Waals surface area contributed by atoms with Gasteiger partial charge in [-0.2, -0.15) is 0 Å². The first-order chi connectivity index (χ1) is 8.73. The van der Waals surface area contributed by atoms with Gasteiger partial charge in [0.2, 0.25) is 0 Å². The van der Waals surface area contributed by atoms with Crippen molar-refractivity contribution in [3.8, 4) is 0 Å². The van der Waals surface area contributed by atoms with Gasteiger partial charge >= 0.3 is 0 Å². The number of hydrogen-bond donors (Lipinski definition) is 3. The van der Waals surface area contributed by atoms with Gasteiger partial charge in [0.25, 0.3) is 0 Å². The van der Waals surface area contributed by atoms with E-state index in [4.69, 9.17) is 0 Å². The SMILES string of the molecule is CC1(C)CCC[C@@]2(C)[C@H]1C(=O)C=C(CO)[C@]2(O)CO. The zero-order chi connectivity index (χ0) is 14.5. The first-order valence-electron chi connectivity index (χ1n) is 6.92. The van der Waals surface area contributed by atoms with Gasteiger partial charge in [-0.05, 0) is 29.9 Å². The number of fused-ring (bicyclic) bond motifs is 1. The van der Waals surface area contributed by atoms with E-state index in [0.29, 0.717) is 6.42 Å². The molecule has 0 radical (unpaired) electrons. The standard InChI is InChI=1S/C15H24O4/c1-13(2)5-4-6-14(3)12(13)11(18)7-10(8-16)15(14,19)9-17/h7,12,16-17,19H,4-6,8-9H2,1-3H3/t12-,14-,15+/m0/s1. The quantitative estimate of drug-likeness (QED) is 0.699. The summed E-state index contributed by atoms with van der Waals surface area (Å²) in [6.07, 6.45) is 3.87. The molecule has 2 aliphatic carbocycles. The lowest BCUT2D eigenvalue weighted by Gasteiger charge is -2.58. The van der Waals surface area contributed by atoms with Gasteiger partial charge in [-0.1, -0.05) is 27.2 Å². The average molecular weight is 268 g/mol. The lowest BCUT2D eigenvalue weighted by Crippen LogP contribution is -2.64. The smallest absolute Gasteiger partial charge is 0.160 e. The van der Waals surface area contributed by atoms with Crippen molar-refractivity contribution < 1.29 is 20.1 Å². The normalized spacial score (nSPS) is 41.7. The molecule has 3 atom stereocenters. The van der Waals surface area contributed by atoms with Gasteiger partial charge in [-0.25, -0.2) is 0 Å². The van der Waals surface area contributed by atoms with E-state index in [1.54, 1.807) is 0 Å². The van der Waals surface area contributed by atoms with Crippen LogP contribution >= 0.6 is 0 Å². The highest BCUT2D eigenvalue weighted by atomic mass is 16.3. The van der Waals surface area contributed by atoms with Crippen molar-refractivity contribution in [1.82, 2.24) is 0 Å². The molecule has 0 aliphatic heterocycles. The van der Waals surface area contributed by atoms with Crippen molar-refractivity contribution >= 4 is 5.78 Å². The molecular weight excluding hydrogens is 244 g/mol. The van der Waals surface area contributed by atoms with Crippen LogP contribution in [0.2, 0.25) is 0 Å². The molecule has 2 aliphatic rings. The highest BCUT2D eigenvalue weighted by Crippen LogP contribution is 2.59. The van der Waals surface area contributed by atoms with Crippen LogP contribution in [0.15, 0.2) is 11.6 Å². The van der Waals surface area contributed by atoms with Crippen LogP contribution in [0, 0.1) is 16.7 Å². The number of hydrogen-bond acceptors (Lipinski definition) is 4. The number of aliphatic hydroxyl groups excluding tert-OH is 2. The van der Waals surface area contributed by atoms with Crippen LogP contribution in [-0.4, -0.2) is 39.9 Å². The molecule has 4 nitrogen and oxygen atoms in total. The molecule has 1 saturated carbocycles. The van der Waals surface area contributed by atoms with Gasteiger partial charge in [0.05, 0.1) is 13.2 Å². The number of aliphatic hydroxyl groups is 3. The van der Waals surface area contributed by atoms with Crippen molar-refractivity contribution in [1.29, 1.82) is 0 Å². The molecule has 108 valence electrons. The molecule has 0 unspecified atom stereocenters. The second-order valence-corrected chi connectivity index (χ2v) is 6.94. The molecule has 0 bridgehead atoms. The number of carbonyl (C=O) groups is 1. The molecule has 0 spiro atoms. The predicted octanol–water partition coefficient (Wildman–Crippen LogP) is 1.04. The Hall–Kier alpha value is -0.710. The lowest BCUT2D eigenvalue weighted by molar-refractivity contribution is -0.173. The summed E-state index contributed by atoms with van der Waals surface area (Å²) in [4.78, 5) is 12.4. The zero-order valence-electron chi connectivity index (χ0n) is 11.9. The molecule has 0 heterocycles. The fourth-order valence-electron chi connectivity index (χ4n) is 4.41. The molecule has 0 saturated heterocycles. The van der Waals surface area contributed by atoms with Gasteiger partial charge in [-0.3, -0.25) is 4.79 Å². The van der Waals surface area contributed by atoms with Gasteiger partial charge in [0.1, 0.15) is 5.60 Å². The van der Waals surface area contributed by atoms with Crippen LogP contribution in [-0.2, 0) is 4.79 Å². The monoisotopic (exact) mass is 268 g/mol. The van der Waals surface area contributed by atoms with Crippen LogP contribution in [0.4, 0.5) is 0 Å². The van der Waals surface area contributed by atoms with Gasteiger partial charge < -0.3 is 15.3 Å². The summed E-state index contributed by atoms with van der Waals surface area (Å²) >= 11 is 0. The Bertz CT molecular complexity index is 426. The molecule has 2 rings (SSSR count). The molecule has 3 N–H and O–H groups in total. The Labute approximate surface area is 114 Å². The largest absolute Gasteiger partial charge is 0.393 e.